The molecular weight excluding hydrogens is 280 g/mol. The van der Waals surface area contributed by atoms with Crippen molar-refractivity contribution < 1.29 is 18.3 Å². The first kappa shape index (κ1) is 14.3. The molecule has 0 amide bonds. The predicted octanol–water partition coefficient (Wildman–Crippen LogP) is 0.949. The van der Waals surface area contributed by atoms with Crippen LogP contribution in [0.2, 0.25) is 0 Å². The standard InChI is InChI=1S/C13H22N2O4S/c16-13(17)10-2-4-11(5-3-10)14-20(18,19)15-8-9-1-6-12(15)7-9/h9-12,14H,1-8H2,(H,16,17). The number of carboxylic acid groups (broad SMARTS) is 1. The van der Waals surface area contributed by atoms with Crippen LogP contribution in [0.3, 0.4) is 0 Å². The van der Waals surface area contributed by atoms with Crippen molar-refractivity contribution in [2.24, 2.45) is 11.8 Å². The van der Waals surface area contributed by atoms with E-state index in [4.69, 9.17) is 5.11 Å². The number of nitrogens with one attached hydrogen (secondary N) is 1. The fourth-order valence-corrected chi connectivity index (χ4v) is 5.69. The van der Waals surface area contributed by atoms with Gasteiger partial charge in [0, 0.05) is 18.6 Å². The maximum atomic E-state index is 12.4. The molecule has 1 heterocycles. The van der Waals surface area contributed by atoms with E-state index in [0.717, 1.165) is 19.3 Å². The van der Waals surface area contributed by atoms with Crippen molar-refractivity contribution in [3.05, 3.63) is 0 Å². The van der Waals surface area contributed by atoms with Crippen molar-refractivity contribution in [1.82, 2.24) is 9.03 Å². The highest BCUT2D eigenvalue weighted by atomic mass is 32.2. The summed E-state index contributed by atoms with van der Waals surface area (Å²) in [6.07, 6.45) is 5.52. The Balaban J connectivity index is 1.57. The Hall–Kier alpha value is -0.660. The van der Waals surface area contributed by atoms with Gasteiger partial charge in [0.15, 0.2) is 0 Å². The molecule has 0 aromatic carbocycles. The highest BCUT2D eigenvalue weighted by Gasteiger charge is 2.44. The van der Waals surface area contributed by atoms with E-state index in [2.05, 4.69) is 4.72 Å². The molecule has 2 bridgehead atoms. The Morgan fingerprint density at radius 3 is 2.30 bits per heavy atom. The summed E-state index contributed by atoms with van der Waals surface area (Å²) in [6.45, 7) is 0.657. The lowest BCUT2D eigenvalue weighted by Crippen LogP contribution is -2.49. The lowest BCUT2D eigenvalue weighted by Gasteiger charge is -2.31. The molecule has 2 N–H and O–H groups in total. The summed E-state index contributed by atoms with van der Waals surface area (Å²) in [5, 5.41) is 8.95. The van der Waals surface area contributed by atoms with Gasteiger partial charge in [0.1, 0.15) is 0 Å². The van der Waals surface area contributed by atoms with Gasteiger partial charge in [-0.3, -0.25) is 4.79 Å². The van der Waals surface area contributed by atoms with E-state index in [0.29, 0.717) is 38.1 Å². The number of piperidine rings is 1. The van der Waals surface area contributed by atoms with Gasteiger partial charge < -0.3 is 5.11 Å². The van der Waals surface area contributed by atoms with Gasteiger partial charge in [-0.2, -0.15) is 17.4 Å². The van der Waals surface area contributed by atoms with Crippen LogP contribution in [-0.4, -0.2) is 42.4 Å². The molecule has 0 aromatic heterocycles. The zero-order valence-corrected chi connectivity index (χ0v) is 12.3. The van der Waals surface area contributed by atoms with Crippen LogP contribution in [-0.2, 0) is 15.0 Å². The smallest absolute Gasteiger partial charge is 0.306 e. The highest BCUT2D eigenvalue weighted by Crippen LogP contribution is 2.39. The van der Waals surface area contributed by atoms with Crippen LogP contribution in [0.1, 0.15) is 44.9 Å². The number of rotatable bonds is 4. The van der Waals surface area contributed by atoms with E-state index >= 15 is 0 Å². The number of hydrogen-bond donors (Lipinski definition) is 2. The first-order valence-electron chi connectivity index (χ1n) is 7.47. The Bertz CT molecular complexity index is 485. The monoisotopic (exact) mass is 302 g/mol. The molecule has 3 rings (SSSR count). The van der Waals surface area contributed by atoms with Crippen LogP contribution in [0.5, 0.6) is 0 Å². The summed E-state index contributed by atoms with van der Waals surface area (Å²) in [6, 6.07) is 0.0857. The Kier molecular flexibility index (Phi) is 3.77. The average Bonchev–Trinajstić information content (AvgIpc) is 3.01. The molecule has 7 heteroatoms. The molecule has 114 valence electrons. The number of aliphatic carboxylic acids is 1. The zero-order valence-electron chi connectivity index (χ0n) is 11.5. The fraction of sp³-hybridized carbons (Fsp3) is 0.923. The first-order chi connectivity index (χ1) is 9.45. The first-order valence-corrected chi connectivity index (χ1v) is 8.91. The molecule has 3 aliphatic rings. The van der Waals surface area contributed by atoms with Crippen LogP contribution in [0.25, 0.3) is 0 Å². The number of carbonyl (C=O) groups is 1. The van der Waals surface area contributed by atoms with Crippen LogP contribution < -0.4 is 4.72 Å². The predicted molar refractivity (Wildman–Crippen MR) is 73.3 cm³/mol. The third-order valence-electron chi connectivity index (χ3n) is 5.06. The molecule has 2 atom stereocenters. The molecular formula is C13H22N2O4S. The molecule has 1 saturated heterocycles. The largest absolute Gasteiger partial charge is 0.481 e. The lowest BCUT2D eigenvalue weighted by atomic mass is 9.87. The van der Waals surface area contributed by atoms with Gasteiger partial charge in [-0.05, 0) is 50.9 Å². The molecule has 0 spiro atoms. The molecule has 20 heavy (non-hydrogen) atoms. The molecule has 0 radical (unpaired) electrons. The van der Waals surface area contributed by atoms with E-state index in [9.17, 15) is 13.2 Å². The molecule has 3 fully saturated rings. The van der Waals surface area contributed by atoms with Gasteiger partial charge in [-0.15, -0.1) is 0 Å². The summed E-state index contributed by atoms with van der Waals surface area (Å²) in [5.41, 5.74) is 0. The van der Waals surface area contributed by atoms with E-state index in [1.165, 1.54) is 0 Å². The van der Waals surface area contributed by atoms with Gasteiger partial charge in [-0.25, -0.2) is 0 Å². The second-order valence-corrected chi connectivity index (χ2v) is 8.07. The van der Waals surface area contributed by atoms with E-state index in [1.54, 1.807) is 4.31 Å². The molecule has 2 saturated carbocycles. The normalized spacial score (nSPS) is 38.2. The third-order valence-corrected chi connectivity index (χ3v) is 6.76. The molecule has 2 aliphatic carbocycles. The minimum atomic E-state index is -3.39. The Morgan fingerprint density at radius 1 is 1.10 bits per heavy atom. The van der Waals surface area contributed by atoms with Gasteiger partial charge in [0.2, 0.25) is 0 Å². The number of carboxylic acids is 1. The summed E-state index contributed by atoms with van der Waals surface area (Å²) in [5.74, 6) is -0.527. The number of nitrogens with zero attached hydrogens (tertiary/aromatic N) is 1. The Labute approximate surface area is 119 Å². The molecule has 2 unspecified atom stereocenters. The minimum absolute atomic E-state index is 0.102. The van der Waals surface area contributed by atoms with Crippen molar-refractivity contribution in [2.75, 3.05) is 6.54 Å². The third kappa shape index (κ3) is 2.71. The van der Waals surface area contributed by atoms with Gasteiger partial charge in [-0.1, -0.05) is 0 Å². The van der Waals surface area contributed by atoms with Gasteiger partial charge in [0.05, 0.1) is 5.92 Å². The second kappa shape index (κ2) is 5.27. The minimum Gasteiger partial charge on any atom is -0.481 e. The quantitative estimate of drug-likeness (QED) is 0.809. The number of hydrogen-bond acceptors (Lipinski definition) is 3. The van der Waals surface area contributed by atoms with Crippen LogP contribution in [0.15, 0.2) is 0 Å². The fourth-order valence-electron chi connectivity index (χ4n) is 3.91. The Morgan fingerprint density at radius 2 is 1.80 bits per heavy atom. The molecule has 0 aromatic rings. The summed E-state index contributed by atoms with van der Waals surface area (Å²) < 4.78 is 29.2. The molecule has 1 aliphatic heterocycles. The van der Waals surface area contributed by atoms with Crippen molar-refractivity contribution in [2.45, 2.75) is 57.0 Å². The second-order valence-electron chi connectivity index (χ2n) is 6.41. The zero-order chi connectivity index (χ0) is 14.3. The van der Waals surface area contributed by atoms with Crippen molar-refractivity contribution >= 4 is 16.2 Å². The lowest BCUT2D eigenvalue weighted by molar-refractivity contribution is -0.142. The summed E-state index contributed by atoms with van der Waals surface area (Å²) in [7, 11) is -3.39. The van der Waals surface area contributed by atoms with Gasteiger partial charge in [0.25, 0.3) is 10.2 Å². The van der Waals surface area contributed by atoms with E-state index in [1.807, 2.05) is 0 Å². The SMILES string of the molecule is O=C(O)C1CCC(NS(=O)(=O)N2CC3CCC2C3)CC1. The topological polar surface area (TPSA) is 86.7 Å². The maximum Gasteiger partial charge on any atom is 0.306 e. The molecule has 6 nitrogen and oxygen atoms in total. The van der Waals surface area contributed by atoms with Crippen LogP contribution >= 0.6 is 0 Å². The maximum absolute atomic E-state index is 12.4. The van der Waals surface area contributed by atoms with Crippen molar-refractivity contribution in [1.29, 1.82) is 0 Å². The van der Waals surface area contributed by atoms with Gasteiger partial charge >= 0.3 is 5.97 Å². The van der Waals surface area contributed by atoms with E-state index in [-0.39, 0.29) is 18.0 Å². The van der Waals surface area contributed by atoms with Crippen molar-refractivity contribution in [3.8, 4) is 0 Å². The highest BCUT2D eigenvalue weighted by molar-refractivity contribution is 7.87. The number of fused-ring (bicyclic) bond motifs is 2. The van der Waals surface area contributed by atoms with E-state index < -0.39 is 16.2 Å². The van der Waals surface area contributed by atoms with Crippen LogP contribution in [0, 0.1) is 11.8 Å². The summed E-state index contributed by atoms with van der Waals surface area (Å²) >= 11 is 0. The van der Waals surface area contributed by atoms with Crippen molar-refractivity contribution in [3.63, 3.8) is 0 Å². The van der Waals surface area contributed by atoms with Crippen LogP contribution in [0.4, 0.5) is 0 Å². The average molecular weight is 302 g/mol. The summed E-state index contributed by atoms with van der Waals surface area (Å²) in [4.78, 5) is 10.9.